The van der Waals surface area contributed by atoms with E-state index in [0.29, 0.717) is 23.9 Å². The number of rotatable bonds is 4. The number of nitrogens with zero attached hydrogens (tertiary/aromatic N) is 3. The highest BCUT2D eigenvalue weighted by Crippen LogP contribution is 2.34. The quantitative estimate of drug-likeness (QED) is 0.446. The Morgan fingerprint density at radius 3 is 2.40 bits per heavy atom. The number of carbonyl (C=O) groups is 4. The first-order chi connectivity index (χ1) is 14.4. The normalized spacial score (nSPS) is 20.5. The lowest BCUT2D eigenvalue weighted by molar-refractivity contribution is -0.143. The third-order valence-electron chi connectivity index (χ3n) is 5.73. The Kier molecular flexibility index (Phi) is 5.11. The van der Waals surface area contributed by atoms with Gasteiger partial charge in [0.2, 0.25) is 11.8 Å². The van der Waals surface area contributed by atoms with Crippen LogP contribution < -0.4 is 10.9 Å². The lowest BCUT2D eigenvalue weighted by atomic mass is 9.85. The fraction of sp³-hybridized carbons (Fsp3) is 0.381. The smallest absolute Gasteiger partial charge is 0.269 e. The number of allylic oxidation sites excluding steroid dienone is 2. The summed E-state index contributed by atoms with van der Waals surface area (Å²) in [5.74, 6) is -1.72. The lowest BCUT2D eigenvalue weighted by Gasteiger charge is -2.14. The number of imidazole rings is 1. The number of amides is 4. The van der Waals surface area contributed by atoms with E-state index in [0.717, 1.165) is 22.8 Å². The molecule has 0 radical (unpaired) electrons. The van der Waals surface area contributed by atoms with Crippen LogP contribution in [0, 0.1) is 18.8 Å². The number of aromatic nitrogens is 2. The molecule has 9 heteroatoms. The van der Waals surface area contributed by atoms with Crippen LogP contribution in [-0.4, -0.2) is 44.6 Å². The number of carbonyl (C=O) groups excluding carboxylic acids is 4. The van der Waals surface area contributed by atoms with E-state index in [1.165, 1.54) is 0 Å². The van der Waals surface area contributed by atoms with Gasteiger partial charge in [-0.05, 0) is 44.9 Å². The van der Waals surface area contributed by atoms with E-state index in [1.54, 1.807) is 12.1 Å². The summed E-state index contributed by atoms with van der Waals surface area (Å²) in [5.41, 5.74) is 6.57. The van der Waals surface area contributed by atoms with E-state index in [-0.39, 0.29) is 23.7 Å². The van der Waals surface area contributed by atoms with E-state index in [1.807, 2.05) is 36.6 Å². The molecule has 2 heterocycles. The monoisotopic (exact) mass is 409 g/mol. The molecule has 0 unspecified atom stereocenters. The standard InChI is InChI=1S/C21H23N5O4/c1-3-25-12(2)22-16-10-13(8-9-17(16)25)19(28)24-23-18(27)11-26-20(29)14-6-4-5-7-15(14)21(26)30/h4-5,8-10,14-15H,3,6-7,11H2,1-2H3,(H,23,27)(H,24,28)/t14-,15-/m1/s1. The van der Waals surface area contributed by atoms with Crippen molar-refractivity contribution in [1.29, 1.82) is 0 Å². The molecular formula is C21H23N5O4. The van der Waals surface area contributed by atoms with Gasteiger partial charge in [0.05, 0.1) is 22.9 Å². The molecule has 9 nitrogen and oxygen atoms in total. The average molecular weight is 409 g/mol. The van der Waals surface area contributed by atoms with Crippen LogP contribution in [0.4, 0.5) is 0 Å². The van der Waals surface area contributed by atoms with Crippen molar-refractivity contribution in [1.82, 2.24) is 25.3 Å². The first-order valence-electron chi connectivity index (χ1n) is 9.97. The van der Waals surface area contributed by atoms with Crippen LogP contribution in [0.5, 0.6) is 0 Å². The van der Waals surface area contributed by atoms with E-state index in [9.17, 15) is 19.2 Å². The van der Waals surface area contributed by atoms with Gasteiger partial charge < -0.3 is 4.57 Å². The fourth-order valence-electron chi connectivity index (χ4n) is 4.20. The molecule has 1 saturated heterocycles. The molecule has 30 heavy (non-hydrogen) atoms. The Balaban J connectivity index is 1.37. The minimum absolute atomic E-state index is 0.330. The third kappa shape index (κ3) is 3.36. The molecule has 0 spiro atoms. The van der Waals surface area contributed by atoms with Gasteiger partial charge in [-0.15, -0.1) is 0 Å². The molecule has 156 valence electrons. The summed E-state index contributed by atoms with van der Waals surface area (Å²) in [6, 6.07) is 5.12. The first kappa shape index (κ1) is 19.8. The molecule has 1 aromatic carbocycles. The highest BCUT2D eigenvalue weighted by atomic mass is 16.2. The Morgan fingerprint density at radius 2 is 1.77 bits per heavy atom. The van der Waals surface area contributed by atoms with E-state index in [2.05, 4.69) is 15.8 Å². The summed E-state index contributed by atoms with van der Waals surface area (Å²) >= 11 is 0. The fourth-order valence-corrected chi connectivity index (χ4v) is 4.20. The maximum atomic E-state index is 12.4. The first-order valence-corrected chi connectivity index (χ1v) is 9.97. The second-order valence-electron chi connectivity index (χ2n) is 7.53. The lowest BCUT2D eigenvalue weighted by Crippen LogP contribution is -2.47. The van der Waals surface area contributed by atoms with Gasteiger partial charge in [0, 0.05) is 12.1 Å². The van der Waals surface area contributed by atoms with Gasteiger partial charge in [-0.25, -0.2) is 4.98 Å². The molecule has 2 aliphatic rings. The van der Waals surface area contributed by atoms with Crippen molar-refractivity contribution in [3.05, 3.63) is 41.7 Å². The molecule has 1 aliphatic carbocycles. The van der Waals surface area contributed by atoms with Crippen molar-refractivity contribution < 1.29 is 19.2 Å². The van der Waals surface area contributed by atoms with Gasteiger partial charge in [-0.2, -0.15) is 0 Å². The Labute approximate surface area is 173 Å². The van der Waals surface area contributed by atoms with E-state index >= 15 is 0 Å². The van der Waals surface area contributed by atoms with Gasteiger partial charge in [0.15, 0.2) is 0 Å². The average Bonchev–Trinajstić information content (AvgIpc) is 3.19. The summed E-state index contributed by atoms with van der Waals surface area (Å²) in [5, 5.41) is 0. The van der Waals surface area contributed by atoms with Crippen molar-refractivity contribution in [3.8, 4) is 0 Å². The largest absolute Gasteiger partial charge is 0.329 e. The van der Waals surface area contributed by atoms with Gasteiger partial charge in [-0.1, -0.05) is 12.2 Å². The minimum atomic E-state index is -0.635. The van der Waals surface area contributed by atoms with Crippen LogP contribution in [0.15, 0.2) is 30.4 Å². The Hall–Kier alpha value is -3.49. The van der Waals surface area contributed by atoms with Crippen molar-refractivity contribution >= 4 is 34.7 Å². The summed E-state index contributed by atoms with van der Waals surface area (Å²) < 4.78 is 2.04. The van der Waals surface area contributed by atoms with Gasteiger partial charge in [0.1, 0.15) is 12.4 Å². The molecule has 1 aromatic heterocycles. The van der Waals surface area contributed by atoms with Crippen LogP contribution in [-0.2, 0) is 20.9 Å². The zero-order chi connectivity index (χ0) is 21.4. The number of likely N-dealkylation sites (tertiary alicyclic amines) is 1. The Morgan fingerprint density at radius 1 is 1.10 bits per heavy atom. The van der Waals surface area contributed by atoms with Crippen molar-refractivity contribution in [2.75, 3.05) is 6.54 Å². The molecule has 2 N–H and O–H groups in total. The second kappa shape index (κ2) is 7.74. The number of nitrogens with one attached hydrogen (secondary N) is 2. The Bertz CT molecular complexity index is 1060. The number of benzene rings is 1. The predicted molar refractivity (Wildman–Crippen MR) is 108 cm³/mol. The number of fused-ring (bicyclic) bond motifs is 2. The van der Waals surface area contributed by atoms with E-state index in [4.69, 9.17) is 0 Å². The number of aryl methyl sites for hydroxylation is 2. The maximum Gasteiger partial charge on any atom is 0.269 e. The topological polar surface area (TPSA) is 113 Å². The second-order valence-corrected chi connectivity index (χ2v) is 7.53. The number of hydrogen-bond donors (Lipinski definition) is 2. The highest BCUT2D eigenvalue weighted by molar-refractivity contribution is 6.07. The summed E-state index contributed by atoms with van der Waals surface area (Å²) in [6.45, 7) is 4.28. The minimum Gasteiger partial charge on any atom is -0.329 e. The van der Waals surface area contributed by atoms with Gasteiger partial charge in [0.25, 0.3) is 11.8 Å². The number of imide groups is 1. The molecule has 4 rings (SSSR count). The van der Waals surface area contributed by atoms with Crippen molar-refractivity contribution in [2.24, 2.45) is 11.8 Å². The zero-order valence-corrected chi connectivity index (χ0v) is 16.8. The van der Waals surface area contributed by atoms with Crippen LogP contribution in [0.3, 0.4) is 0 Å². The number of hydrogen-bond acceptors (Lipinski definition) is 5. The number of hydrazine groups is 1. The van der Waals surface area contributed by atoms with Crippen LogP contribution >= 0.6 is 0 Å². The molecule has 4 amide bonds. The predicted octanol–water partition coefficient (Wildman–Crippen LogP) is 1.08. The van der Waals surface area contributed by atoms with Crippen LogP contribution in [0.2, 0.25) is 0 Å². The molecule has 1 aliphatic heterocycles. The van der Waals surface area contributed by atoms with Crippen LogP contribution in [0.25, 0.3) is 11.0 Å². The third-order valence-corrected chi connectivity index (χ3v) is 5.73. The van der Waals surface area contributed by atoms with Crippen LogP contribution in [0.1, 0.15) is 35.9 Å². The molecule has 2 aromatic rings. The maximum absolute atomic E-state index is 12.4. The summed E-state index contributed by atoms with van der Waals surface area (Å²) in [6.07, 6.45) is 4.80. The summed E-state index contributed by atoms with van der Waals surface area (Å²) in [7, 11) is 0. The van der Waals surface area contributed by atoms with Gasteiger partial charge in [-0.3, -0.25) is 34.9 Å². The van der Waals surface area contributed by atoms with Gasteiger partial charge >= 0.3 is 0 Å². The molecular weight excluding hydrogens is 386 g/mol. The molecule has 2 atom stereocenters. The SMILES string of the molecule is CCn1c(C)nc2cc(C(=O)NNC(=O)CN3C(=O)[C@@H]4CC=CC[C@H]4C3=O)ccc21. The van der Waals surface area contributed by atoms with Crippen molar-refractivity contribution in [2.45, 2.75) is 33.2 Å². The zero-order valence-electron chi connectivity index (χ0n) is 16.8. The molecule has 1 fully saturated rings. The van der Waals surface area contributed by atoms with Crippen molar-refractivity contribution in [3.63, 3.8) is 0 Å². The summed E-state index contributed by atoms with van der Waals surface area (Å²) in [4.78, 5) is 54.9. The highest BCUT2D eigenvalue weighted by Gasteiger charge is 2.47. The van der Waals surface area contributed by atoms with E-state index < -0.39 is 18.4 Å². The molecule has 0 bridgehead atoms. The molecule has 0 saturated carbocycles.